The molecule has 1 fully saturated rings. The number of aromatic nitrogens is 3. The van der Waals surface area contributed by atoms with E-state index in [1.165, 1.54) is 12.4 Å². The van der Waals surface area contributed by atoms with Gasteiger partial charge in [0, 0.05) is 29.2 Å². The summed E-state index contributed by atoms with van der Waals surface area (Å²) in [6.45, 7) is 1.21. The summed E-state index contributed by atoms with van der Waals surface area (Å²) < 4.78 is 22.8. The molecule has 4 atom stereocenters. The third-order valence-electron chi connectivity index (χ3n) is 6.01. The summed E-state index contributed by atoms with van der Waals surface area (Å²) in [5, 5.41) is 25.3. The molecule has 3 aromatic rings. The smallest absolute Gasteiger partial charge is 0.147 e. The zero-order valence-corrected chi connectivity index (χ0v) is 17.5. The van der Waals surface area contributed by atoms with Crippen LogP contribution in [-0.4, -0.2) is 49.6 Å². The van der Waals surface area contributed by atoms with Gasteiger partial charge in [-0.3, -0.25) is 0 Å². The summed E-state index contributed by atoms with van der Waals surface area (Å²) in [4.78, 5) is 8.31. The maximum atomic E-state index is 14.2. The van der Waals surface area contributed by atoms with Crippen LogP contribution in [0.1, 0.15) is 23.6 Å². The number of halogens is 2. The molecule has 1 saturated carbocycles. The minimum absolute atomic E-state index is 0.246. The molecular formula is C20H21BrFN5O3. The van der Waals surface area contributed by atoms with Gasteiger partial charge in [-0.2, -0.15) is 0 Å². The third kappa shape index (κ3) is 3.06. The molecule has 0 saturated heterocycles. The molecule has 5 N–H and O–H groups in total. The minimum atomic E-state index is -1.11. The van der Waals surface area contributed by atoms with Crippen molar-refractivity contribution in [2.45, 2.75) is 43.7 Å². The van der Waals surface area contributed by atoms with Gasteiger partial charge in [0.05, 0.1) is 11.4 Å². The largest absolute Gasteiger partial charge is 0.487 e. The number of hydrogen-bond donors (Lipinski definition) is 4. The fourth-order valence-corrected chi connectivity index (χ4v) is 5.08. The van der Waals surface area contributed by atoms with Crippen LogP contribution in [0.5, 0.6) is 5.75 Å². The Morgan fingerprint density at radius 3 is 2.90 bits per heavy atom. The van der Waals surface area contributed by atoms with Gasteiger partial charge in [-0.05, 0) is 46.6 Å². The van der Waals surface area contributed by atoms with Crippen LogP contribution in [0.4, 0.5) is 10.2 Å². The van der Waals surface area contributed by atoms with Crippen molar-refractivity contribution in [3.8, 4) is 5.75 Å². The van der Waals surface area contributed by atoms with Crippen molar-refractivity contribution in [3.63, 3.8) is 0 Å². The van der Waals surface area contributed by atoms with Crippen molar-refractivity contribution in [1.82, 2.24) is 19.9 Å². The van der Waals surface area contributed by atoms with E-state index in [4.69, 9.17) is 10.5 Å². The number of rotatable bonds is 3. The van der Waals surface area contributed by atoms with Gasteiger partial charge in [-0.1, -0.05) is 0 Å². The molecule has 1 aliphatic carbocycles. The van der Waals surface area contributed by atoms with E-state index in [9.17, 15) is 14.6 Å². The lowest BCUT2D eigenvalue weighted by Crippen LogP contribution is -2.35. The first-order valence-electron chi connectivity index (χ1n) is 9.76. The number of aliphatic hydroxyl groups is 2. The molecule has 0 spiro atoms. The average molecular weight is 478 g/mol. The van der Waals surface area contributed by atoms with Crippen LogP contribution in [0, 0.1) is 5.82 Å². The molecule has 2 aromatic heterocycles. The standard InChI is InChI=1S/C20H21BrFN5O3/c21-11-7-27(20-16(11)19(23)25-8-26-20)13-5-15(18(29)17(13)28)30-14-2-1-12(22)9-3-4-24-6-10(9)14/h1-2,7-8,13,15,17-18,24,28-29H,3-6H2,(H2,23,25,26)/t13?,15?,17-,18+/m0/s1. The Kier molecular flexibility index (Phi) is 4.89. The molecule has 30 heavy (non-hydrogen) atoms. The number of aliphatic hydroxyl groups excluding tert-OH is 2. The minimum Gasteiger partial charge on any atom is -0.487 e. The van der Waals surface area contributed by atoms with Crippen molar-refractivity contribution in [1.29, 1.82) is 0 Å². The summed E-state index contributed by atoms with van der Waals surface area (Å²) in [6.07, 6.45) is 1.25. The average Bonchev–Trinajstić information content (AvgIpc) is 3.22. The predicted octanol–water partition coefficient (Wildman–Crippen LogP) is 1.67. The van der Waals surface area contributed by atoms with Gasteiger partial charge in [0.2, 0.25) is 0 Å². The van der Waals surface area contributed by atoms with E-state index in [0.29, 0.717) is 58.6 Å². The fraction of sp³-hybridized carbons (Fsp3) is 0.400. The maximum Gasteiger partial charge on any atom is 0.147 e. The van der Waals surface area contributed by atoms with Crippen molar-refractivity contribution < 1.29 is 19.3 Å². The maximum absolute atomic E-state index is 14.2. The number of nitrogen functional groups attached to an aromatic ring is 1. The lowest BCUT2D eigenvalue weighted by Gasteiger charge is -2.24. The predicted molar refractivity (Wildman–Crippen MR) is 112 cm³/mol. The van der Waals surface area contributed by atoms with Gasteiger partial charge in [0.1, 0.15) is 47.7 Å². The molecule has 2 unspecified atom stereocenters. The van der Waals surface area contributed by atoms with Crippen molar-refractivity contribution in [2.75, 3.05) is 12.3 Å². The van der Waals surface area contributed by atoms with Crippen LogP contribution < -0.4 is 15.8 Å². The Hall–Kier alpha value is -2.27. The number of nitrogens with two attached hydrogens (primary N) is 1. The second-order valence-corrected chi connectivity index (χ2v) is 8.57. The molecule has 0 amide bonds. The summed E-state index contributed by atoms with van der Waals surface area (Å²) in [7, 11) is 0. The van der Waals surface area contributed by atoms with Crippen LogP contribution in [0.3, 0.4) is 0 Å². The number of benzene rings is 1. The molecule has 3 heterocycles. The molecule has 0 radical (unpaired) electrons. The van der Waals surface area contributed by atoms with Crippen molar-refractivity contribution >= 4 is 32.8 Å². The Balaban J connectivity index is 1.46. The lowest BCUT2D eigenvalue weighted by atomic mass is 9.99. The highest BCUT2D eigenvalue weighted by Crippen LogP contribution is 2.39. The number of ether oxygens (including phenoxy) is 1. The second kappa shape index (κ2) is 7.45. The molecule has 5 rings (SSSR count). The van der Waals surface area contributed by atoms with Crippen molar-refractivity contribution in [2.24, 2.45) is 0 Å². The van der Waals surface area contributed by atoms with E-state index in [1.54, 1.807) is 16.8 Å². The fourth-order valence-electron chi connectivity index (χ4n) is 4.48. The highest BCUT2D eigenvalue weighted by atomic mass is 79.9. The van der Waals surface area contributed by atoms with E-state index < -0.39 is 24.4 Å². The molecule has 0 bridgehead atoms. The number of fused-ring (bicyclic) bond motifs is 2. The van der Waals surface area contributed by atoms with E-state index in [0.717, 1.165) is 5.56 Å². The number of nitrogens with one attached hydrogen (secondary N) is 1. The Bertz CT molecular complexity index is 1120. The Labute approximate surface area is 180 Å². The van der Waals surface area contributed by atoms with E-state index in [-0.39, 0.29) is 5.82 Å². The van der Waals surface area contributed by atoms with Gasteiger partial charge in [0.25, 0.3) is 0 Å². The first-order valence-corrected chi connectivity index (χ1v) is 10.5. The first-order chi connectivity index (χ1) is 14.5. The SMILES string of the molecule is Nc1ncnc2c1c(Br)cn2C1CC(Oc2ccc(F)c3c2CNCC3)[C@@H](O)[C@H]1O. The van der Waals surface area contributed by atoms with Crippen LogP contribution in [0.25, 0.3) is 11.0 Å². The molecule has 2 aliphatic rings. The topological polar surface area (TPSA) is 118 Å². The molecule has 1 aromatic carbocycles. The molecule has 8 nitrogen and oxygen atoms in total. The summed E-state index contributed by atoms with van der Waals surface area (Å²) >= 11 is 3.47. The van der Waals surface area contributed by atoms with Crippen LogP contribution in [-0.2, 0) is 13.0 Å². The van der Waals surface area contributed by atoms with E-state index in [2.05, 4.69) is 31.2 Å². The number of anilines is 1. The first kappa shape index (κ1) is 19.7. The van der Waals surface area contributed by atoms with Gasteiger partial charge < -0.3 is 30.6 Å². The molecule has 158 valence electrons. The summed E-state index contributed by atoms with van der Waals surface area (Å²) in [6, 6.07) is 2.51. The van der Waals surface area contributed by atoms with E-state index in [1.807, 2.05) is 0 Å². The van der Waals surface area contributed by atoms with Crippen molar-refractivity contribution in [3.05, 3.63) is 46.1 Å². The quantitative estimate of drug-likeness (QED) is 0.453. The van der Waals surface area contributed by atoms with Gasteiger partial charge in [0.15, 0.2) is 0 Å². The van der Waals surface area contributed by atoms with Gasteiger partial charge in [-0.15, -0.1) is 0 Å². The Morgan fingerprint density at radius 2 is 2.07 bits per heavy atom. The van der Waals surface area contributed by atoms with Crippen LogP contribution >= 0.6 is 15.9 Å². The highest BCUT2D eigenvalue weighted by molar-refractivity contribution is 9.10. The number of nitrogens with zero attached hydrogens (tertiary/aromatic N) is 3. The highest BCUT2D eigenvalue weighted by Gasteiger charge is 2.45. The zero-order chi connectivity index (χ0) is 21.0. The summed E-state index contributed by atoms with van der Waals surface area (Å²) in [5.74, 6) is 0.613. The van der Waals surface area contributed by atoms with Crippen LogP contribution in [0.2, 0.25) is 0 Å². The van der Waals surface area contributed by atoms with Gasteiger partial charge in [-0.25, -0.2) is 14.4 Å². The molecule has 1 aliphatic heterocycles. The Morgan fingerprint density at radius 1 is 1.23 bits per heavy atom. The summed E-state index contributed by atoms with van der Waals surface area (Å²) in [5.41, 5.74) is 7.94. The van der Waals surface area contributed by atoms with E-state index >= 15 is 0 Å². The zero-order valence-electron chi connectivity index (χ0n) is 15.9. The second-order valence-electron chi connectivity index (χ2n) is 7.71. The third-order valence-corrected chi connectivity index (χ3v) is 6.61. The lowest BCUT2D eigenvalue weighted by molar-refractivity contribution is -0.0166. The van der Waals surface area contributed by atoms with Gasteiger partial charge >= 0.3 is 0 Å². The normalized spacial score (nSPS) is 26.1. The monoisotopic (exact) mass is 477 g/mol. The van der Waals surface area contributed by atoms with Crippen LogP contribution in [0.15, 0.2) is 29.1 Å². The number of hydrogen-bond acceptors (Lipinski definition) is 7. The molecular weight excluding hydrogens is 457 g/mol. The molecule has 10 heteroatoms.